The highest BCUT2D eigenvalue weighted by atomic mass is 16.5. The Morgan fingerprint density at radius 3 is 2.68 bits per heavy atom. The lowest BCUT2D eigenvalue weighted by Crippen LogP contribution is -2.24. The van der Waals surface area contributed by atoms with Crippen molar-refractivity contribution >= 4 is 16.8 Å². The van der Waals surface area contributed by atoms with Gasteiger partial charge in [-0.2, -0.15) is 0 Å². The van der Waals surface area contributed by atoms with E-state index >= 15 is 0 Å². The van der Waals surface area contributed by atoms with Crippen molar-refractivity contribution in [2.75, 3.05) is 13.7 Å². The van der Waals surface area contributed by atoms with Crippen LogP contribution < -0.4 is 10.1 Å². The van der Waals surface area contributed by atoms with E-state index in [-0.39, 0.29) is 11.7 Å². The number of carbonyl (C=O) groups is 1. The molecule has 156 valence electrons. The molecule has 0 fully saturated rings. The highest BCUT2D eigenvalue weighted by Crippen LogP contribution is 2.36. The van der Waals surface area contributed by atoms with Crippen LogP contribution in [-0.2, 0) is 6.42 Å². The summed E-state index contributed by atoms with van der Waals surface area (Å²) in [6.45, 7) is 0.595. The third-order valence-corrected chi connectivity index (χ3v) is 5.23. The topological polar surface area (TPSA) is 71.5 Å². The van der Waals surface area contributed by atoms with Crippen molar-refractivity contribution in [2.45, 2.75) is 12.8 Å². The average molecular weight is 412 g/mol. The molecule has 0 saturated heterocycles. The van der Waals surface area contributed by atoms with Crippen LogP contribution in [0.4, 0.5) is 0 Å². The van der Waals surface area contributed by atoms with Gasteiger partial charge in [-0.05, 0) is 60.4 Å². The summed E-state index contributed by atoms with van der Waals surface area (Å²) in [6.07, 6.45) is 3.43. The van der Waals surface area contributed by atoms with E-state index in [9.17, 15) is 9.90 Å². The van der Waals surface area contributed by atoms with Crippen LogP contribution in [0, 0.1) is 0 Å². The normalized spacial score (nSPS) is 10.7. The fraction of sp³-hybridized carbons (Fsp3) is 0.154. The first kappa shape index (κ1) is 20.4. The Hall–Kier alpha value is -3.86. The molecule has 0 radical (unpaired) electrons. The molecule has 5 nitrogen and oxygen atoms in total. The van der Waals surface area contributed by atoms with Crippen molar-refractivity contribution in [3.63, 3.8) is 0 Å². The van der Waals surface area contributed by atoms with E-state index in [1.807, 2.05) is 36.4 Å². The van der Waals surface area contributed by atoms with Crippen LogP contribution in [0.2, 0.25) is 0 Å². The first-order valence-corrected chi connectivity index (χ1v) is 10.2. The van der Waals surface area contributed by atoms with Crippen molar-refractivity contribution in [1.29, 1.82) is 0 Å². The van der Waals surface area contributed by atoms with Crippen LogP contribution in [0.5, 0.6) is 11.5 Å². The van der Waals surface area contributed by atoms with Gasteiger partial charge in [0.15, 0.2) is 0 Å². The molecule has 3 aromatic carbocycles. The van der Waals surface area contributed by atoms with E-state index in [2.05, 4.69) is 22.4 Å². The van der Waals surface area contributed by atoms with Gasteiger partial charge >= 0.3 is 0 Å². The lowest BCUT2D eigenvalue weighted by Gasteiger charge is -2.13. The number of hydrogen-bond acceptors (Lipinski definition) is 4. The summed E-state index contributed by atoms with van der Waals surface area (Å²) in [5.74, 6) is 0.581. The van der Waals surface area contributed by atoms with Gasteiger partial charge in [0.25, 0.3) is 5.91 Å². The molecule has 0 spiro atoms. The van der Waals surface area contributed by atoms with E-state index in [1.165, 1.54) is 5.56 Å². The number of phenolic OH excluding ortho intramolecular Hbond substituents is 1. The number of benzene rings is 3. The number of carbonyl (C=O) groups excluding carboxylic acids is 1. The number of aromatic nitrogens is 1. The molecular formula is C26H24N2O3. The van der Waals surface area contributed by atoms with Crippen LogP contribution in [0.3, 0.4) is 0 Å². The van der Waals surface area contributed by atoms with Crippen molar-refractivity contribution in [1.82, 2.24) is 10.3 Å². The van der Waals surface area contributed by atoms with E-state index in [0.29, 0.717) is 23.4 Å². The van der Waals surface area contributed by atoms with Crippen LogP contribution in [0.15, 0.2) is 79.0 Å². The molecule has 4 rings (SSSR count). The number of fused-ring (bicyclic) bond motifs is 1. The molecular weight excluding hydrogens is 388 g/mol. The summed E-state index contributed by atoms with van der Waals surface area (Å²) in [5.41, 5.74) is 3.84. The number of pyridine rings is 1. The zero-order valence-corrected chi connectivity index (χ0v) is 17.3. The van der Waals surface area contributed by atoms with E-state index in [4.69, 9.17) is 4.74 Å². The molecule has 2 N–H and O–H groups in total. The summed E-state index contributed by atoms with van der Waals surface area (Å²) in [7, 11) is 1.59. The second-order valence-corrected chi connectivity index (χ2v) is 7.33. The average Bonchev–Trinajstić information content (AvgIpc) is 2.82. The van der Waals surface area contributed by atoms with Gasteiger partial charge in [-0.15, -0.1) is 0 Å². The molecule has 0 bridgehead atoms. The van der Waals surface area contributed by atoms with Crippen LogP contribution in [-0.4, -0.2) is 29.7 Å². The van der Waals surface area contributed by atoms with Gasteiger partial charge in [-0.1, -0.05) is 36.4 Å². The number of phenols is 1. The number of ether oxygens (including phenoxy) is 1. The van der Waals surface area contributed by atoms with Crippen LogP contribution >= 0.6 is 0 Å². The van der Waals surface area contributed by atoms with Gasteiger partial charge in [0.1, 0.15) is 17.0 Å². The zero-order valence-electron chi connectivity index (χ0n) is 17.3. The molecule has 0 aliphatic heterocycles. The summed E-state index contributed by atoms with van der Waals surface area (Å²) >= 11 is 0. The first-order chi connectivity index (χ1) is 15.2. The van der Waals surface area contributed by atoms with Gasteiger partial charge < -0.3 is 15.2 Å². The molecule has 0 saturated carbocycles. The van der Waals surface area contributed by atoms with E-state index < -0.39 is 0 Å². The summed E-state index contributed by atoms with van der Waals surface area (Å²) < 4.78 is 5.50. The zero-order chi connectivity index (χ0) is 21.6. The monoisotopic (exact) mass is 412 g/mol. The lowest BCUT2D eigenvalue weighted by atomic mass is 9.99. The number of amides is 1. The standard InChI is InChI=1S/C26H24N2O3/c1-31-24-12-11-20(26(30)28-14-5-9-18-7-3-2-4-8-18)16-22(24)21-15-19-10-6-13-27-25(19)23(29)17-21/h2-4,6-8,10-13,15-17,29H,5,9,14H2,1H3,(H,28,30). The van der Waals surface area contributed by atoms with Gasteiger partial charge in [-0.25, -0.2) is 0 Å². The third-order valence-electron chi connectivity index (χ3n) is 5.23. The van der Waals surface area contributed by atoms with Gasteiger partial charge in [0.05, 0.1) is 7.11 Å². The van der Waals surface area contributed by atoms with Crippen molar-refractivity contribution in [3.8, 4) is 22.6 Å². The Morgan fingerprint density at radius 2 is 1.87 bits per heavy atom. The molecule has 5 heteroatoms. The quantitative estimate of drug-likeness (QED) is 0.420. The number of nitrogens with zero attached hydrogens (tertiary/aromatic N) is 1. The molecule has 0 atom stereocenters. The number of aryl methyl sites for hydroxylation is 1. The number of nitrogens with one attached hydrogen (secondary N) is 1. The number of hydrogen-bond donors (Lipinski definition) is 2. The molecule has 0 unspecified atom stereocenters. The lowest BCUT2D eigenvalue weighted by molar-refractivity contribution is 0.0953. The predicted octanol–water partition coefficient (Wildman–Crippen LogP) is 4.98. The predicted molar refractivity (Wildman–Crippen MR) is 122 cm³/mol. The van der Waals surface area contributed by atoms with Gasteiger partial charge in [-0.3, -0.25) is 9.78 Å². The molecule has 1 heterocycles. The van der Waals surface area contributed by atoms with Gasteiger partial charge in [0.2, 0.25) is 0 Å². The summed E-state index contributed by atoms with van der Waals surface area (Å²) in [6, 6.07) is 22.8. The molecule has 0 aliphatic carbocycles. The summed E-state index contributed by atoms with van der Waals surface area (Å²) in [5, 5.41) is 14.2. The number of methoxy groups -OCH3 is 1. The Kier molecular flexibility index (Phi) is 6.13. The minimum atomic E-state index is -0.136. The highest BCUT2D eigenvalue weighted by Gasteiger charge is 2.14. The maximum Gasteiger partial charge on any atom is 0.251 e. The van der Waals surface area contributed by atoms with Crippen molar-refractivity contribution in [2.24, 2.45) is 0 Å². The fourth-order valence-electron chi connectivity index (χ4n) is 3.64. The molecule has 31 heavy (non-hydrogen) atoms. The van der Waals surface area contributed by atoms with Crippen molar-refractivity contribution < 1.29 is 14.6 Å². The van der Waals surface area contributed by atoms with Crippen molar-refractivity contribution in [3.05, 3.63) is 90.1 Å². The van der Waals surface area contributed by atoms with E-state index in [1.54, 1.807) is 37.6 Å². The SMILES string of the molecule is COc1ccc(C(=O)NCCCc2ccccc2)cc1-c1cc(O)c2ncccc2c1. The summed E-state index contributed by atoms with van der Waals surface area (Å²) in [4.78, 5) is 16.9. The number of rotatable bonds is 7. The minimum Gasteiger partial charge on any atom is -0.506 e. The maximum absolute atomic E-state index is 12.7. The fourth-order valence-corrected chi connectivity index (χ4v) is 3.64. The Labute approximate surface area is 181 Å². The van der Waals surface area contributed by atoms with E-state index in [0.717, 1.165) is 29.4 Å². The molecule has 1 aromatic heterocycles. The number of aromatic hydroxyl groups is 1. The third kappa shape index (κ3) is 4.67. The van der Waals surface area contributed by atoms with Crippen LogP contribution in [0.25, 0.3) is 22.0 Å². The smallest absolute Gasteiger partial charge is 0.251 e. The first-order valence-electron chi connectivity index (χ1n) is 10.2. The van der Waals surface area contributed by atoms with Gasteiger partial charge in [0, 0.05) is 29.3 Å². The Balaban J connectivity index is 1.53. The molecule has 0 aliphatic rings. The second-order valence-electron chi connectivity index (χ2n) is 7.33. The molecule has 4 aromatic rings. The minimum absolute atomic E-state index is 0.0888. The maximum atomic E-state index is 12.7. The molecule has 1 amide bonds. The van der Waals surface area contributed by atoms with Crippen LogP contribution in [0.1, 0.15) is 22.3 Å². The Bertz CT molecular complexity index is 1210. The largest absolute Gasteiger partial charge is 0.506 e. The highest BCUT2D eigenvalue weighted by molar-refractivity contribution is 5.97. The Morgan fingerprint density at radius 1 is 1.03 bits per heavy atom. The second kappa shape index (κ2) is 9.30.